The summed E-state index contributed by atoms with van der Waals surface area (Å²) in [5.41, 5.74) is 2.34. The van der Waals surface area contributed by atoms with Gasteiger partial charge in [0.25, 0.3) is 5.91 Å². The van der Waals surface area contributed by atoms with Gasteiger partial charge in [-0.15, -0.1) is 11.3 Å². The lowest BCUT2D eigenvalue weighted by Crippen LogP contribution is -2.42. The van der Waals surface area contributed by atoms with Crippen LogP contribution in [-0.4, -0.2) is 66.3 Å². The Balaban J connectivity index is 1.41. The topological polar surface area (TPSA) is 94.9 Å². The minimum atomic E-state index is -0.348. The average molecular weight is 547 g/mol. The quantitative estimate of drug-likeness (QED) is 0.305. The van der Waals surface area contributed by atoms with Gasteiger partial charge in [0, 0.05) is 30.6 Å². The van der Waals surface area contributed by atoms with Crippen LogP contribution in [0, 0.1) is 0 Å². The maximum absolute atomic E-state index is 13.4. The minimum absolute atomic E-state index is 0.0790. The molecule has 2 amide bonds. The second-order valence-corrected chi connectivity index (χ2v) is 10.0. The highest BCUT2D eigenvalue weighted by Crippen LogP contribution is 2.27. The number of anilines is 1. The molecule has 1 fully saturated rings. The maximum Gasteiger partial charge on any atom is 0.264 e. The summed E-state index contributed by atoms with van der Waals surface area (Å²) in [6.07, 6.45) is 3.60. The van der Waals surface area contributed by atoms with Crippen LogP contribution >= 0.6 is 11.3 Å². The first-order valence-corrected chi connectivity index (χ1v) is 13.5. The van der Waals surface area contributed by atoms with Crippen molar-refractivity contribution in [2.75, 3.05) is 39.2 Å². The number of nitrogens with one attached hydrogen (secondary N) is 1. The molecule has 1 aliphatic heterocycles. The molecule has 1 aliphatic rings. The first-order chi connectivity index (χ1) is 19.0. The van der Waals surface area contributed by atoms with E-state index in [1.807, 2.05) is 70.7 Å². The van der Waals surface area contributed by atoms with Crippen molar-refractivity contribution in [1.82, 2.24) is 14.5 Å². The smallest absolute Gasteiger partial charge is 0.264 e. The molecule has 0 spiro atoms. The van der Waals surface area contributed by atoms with Gasteiger partial charge in [0.15, 0.2) is 0 Å². The lowest BCUT2D eigenvalue weighted by atomic mass is 10.1. The van der Waals surface area contributed by atoms with E-state index in [1.165, 1.54) is 11.3 Å². The van der Waals surface area contributed by atoms with Gasteiger partial charge in [-0.05, 0) is 72.8 Å². The van der Waals surface area contributed by atoms with Crippen molar-refractivity contribution in [3.63, 3.8) is 0 Å². The van der Waals surface area contributed by atoms with Crippen LogP contribution in [0.5, 0.6) is 11.5 Å². The normalized spacial score (nSPS) is 14.7. The number of carbonyl (C=O) groups is 2. The van der Waals surface area contributed by atoms with Crippen LogP contribution < -0.4 is 14.8 Å². The molecule has 0 radical (unpaired) electrons. The largest absolute Gasteiger partial charge is 0.497 e. The third kappa shape index (κ3) is 6.30. The van der Waals surface area contributed by atoms with Crippen LogP contribution in [0.15, 0.2) is 72.2 Å². The maximum atomic E-state index is 13.4. The summed E-state index contributed by atoms with van der Waals surface area (Å²) in [4.78, 5) is 33.5. The third-order valence-corrected chi connectivity index (χ3v) is 7.35. The Hall–Kier alpha value is -4.15. The minimum Gasteiger partial charge on any atom is -0.497 e. The molecule has 2 aromatic carbocycles. The number of aromatic nitrogens is 2. The molecule has 1 unspecified atom stereocenters. The van der Waals surface area contributed by atoms with E-state index < -0.39 is 0 Å². The highest BCUT2D eigenvalue weighted by atomic mass is 32.1. The second kappa shape index (κ2) is 12.1. The number of methoxy groups -OCH3 is 2. The first-order valence-electron chi connectivity index (χ1n) is 12.7. The number of nitrogens with zero attached hydrogens (tertiary/aromatic N) is 3. The molecule has 39 heavy (non-hydrogen) atoms. The monoisotopic (exact) mass is 546 g/mol. The molecule has 1 N–H and O–H groups in total. The van der Waals surface area contributed by atoms with Crippen molar-refractivity contribution in [3.8, 4) is 28.4 Å². The van der Waals surface area contributed by atoms with Gasteiger partial charge in [0.2, 0.25) is 11.9 Å². The van der Waals surface area contributed by atoms with Crippen LogP contribution in [0.2, 0.25) is 0 Å². The first kappa shape index (κ1) is 26.5. The van der Waals surface area contributed by atoms with E-state index in [-0.39, 0.29) is 24.5 Å². The fraction of sp³-hybridized carbons (Fsp3) is 0.276. The van der Waals surface area contributed by atoms with Crippen LogP contribution in [0.3, 0.4) is 0 Å². The fourth-order valence-corrected chi connectivity index (χ4v) is 5.15. The van der Waals surface area contributed by atoms with E-state index in [2.05, 4.69) is 5.32 Å². The molecule has 0 bridgehead atoms. The summed E-state index contributed by atoms with van der Waals surface area (Å²) < 4.78 is 18.1. The van der Waals surface area contributed by atoms with Gasteiger partial charge in [0.1, 0.15) is 18.0 Å². The number of carbonyl (C=O) groups excluding carboxylic acids is 2. The number of rotatable bonds is 10. The summed E-state index contributed by atoms with van der Waals surface area (Å²) in [6, 6.07) is 18.6. The zero-order valence-corrected chi connectivity index (χ0v) is 22.6. The Kier molecular flexibility index (Phi) is 8.24. The number of amides is 2. The molecule has 4 aromatic rings. The summed E-state index contributed by atoms with van der Waals surface area (Å²) >= 11 is 1.36. The zero-order valence-electron chi connectivity index (χ0n) is 21.8. The number of hydrogen-bond acceptors (Lipinski definition) is 7. The standard InChI is InChI=1S/C29H30N4O5S/c1-36-22-11-7-20(8-12-22)25-18-33(21-9-13-23(37-2)14-10-21)29(30-25)31-27(34)19-32(17-24-5-3-15-38-24)28(35)26-6-4-16-39-26/h4,6-14,16,18,24H,3,5,15,17,19H2,1-2H3,(H,30,31,34). The summed E-state index contributed by atoms with van der Waals surface area (Å²) in [5, 5.41) is 4.78. The number of hydrogen-bond donors (Lipinski definition) is 1. The Morgan fingerprint density at radius 3 is 2.41 bits per heavy atom. The fourth-order valence-electron chi connectivity index (χ4n) is 4.46. The van der Waals surface area contributed by atoms with E-state index in [9.17, 15) is 9.59 Å². The molecule has 0 saturated carbocycles. The Labute approximate surface area is 230 Å². The van der Waals surface area contributed by atoms with Crippen molar-refractivity contribution in [2.45, 2.75) is 18.9 Å². The predicted molar refractivity (Wildman–Crippen MR) is 150 cm³/mol. The molecular formula is C29H30N4O5S. The molecular weight excluding hydrogens is 516 g/mol. The van der Waals surface area contributed by atoms with Crippen LogP contribution in [-0.2, 0) is 9.53 Å². The molecule has 5 rings (SSSR count). The van der Waals surface area contributed by atoms with Crippen molar-refractivity contribution < 1.29 is 23.8 Å². The Bertz CT molecular complexity index is 1390. The van der Waals surface area contributed by atoms with Crippen LogP contribution in [0.1, 0.15) is 22.5 Å². The van der Waals surface area contributed by atoms with Gasteiger partial charge in [-0.25, -0.2) is 4.98 Å². The molecule has 2 aromatic heterocycles. The van der Waals surface area contributed by atoms with Gasteiger partial charge in [-0.2, -0.15) is 0 Å². The summed E-state index contributed by atoms with van der Waals surface area (Å²) in [6.45, 7) is 0.906. The highest BCUT2D eigenvalue weighted by Gasteiger charge is 2.26. The van der Waals surface area contributed by atoms with Crippen molar-refractivity contribution in [2.24, 2.45) is 0 Å². The molecule has 1 atom stereocenters. The van der Waals surface area contributed by atoms with Crippen LogP contribution in [0.4, 0.5) is 5.95 Å². The SMILES string of the molecule is COc1ccc(-c2cn(-c3ccc(OC)cc3)c(NC(=O)CN(CC3CCCO3)C(=O)c3cccs3)n2)cc1. The number of thiophene rings is 1. The molecule has 9 nitrogen and oxygen atoms in total. The molecule has 10 heteroatoms. The third-order valence-electron chi connectivity index (χ3n) is 6.50. The van der Waals surface area contributed by atoms with Gasteiger partial charge in [0.05, 0.1) is 30.9 Å². The average Bonchev–Trinajstić information content (AvgIpc) is 3.75. The number of ether oxygens (including phenoxy) is 3. The van der Waals surface area contributed by atoms with Gasteiger partial charge >= 0.3 is 0 Å². The van der Waals surface area contributed by atoms with Gasteiger partial charge in [-0.1, -0.05) is 6.07 Å². The Morgan fingerprint density at radius 1 is 1.08 bits per heavy atom. The van der Waals surface area contributed by atoms with E-state index in [0.29, 0.717) is 29.7 Å². The molecule has 3 heterocycles. The summed E-state index contributed by atoms with van der Waals surface area (Å²) in [5.74, 6) is 1.27. The van der Waals surface area contributed by atoms with Crippen molar-refractivity contribution in [1.29, 1.82) is 0 Å². The molecule has 202 valence electrons. The van der Waals surface area contributed by atoms with E-state index in [0.717, 1.165) is 35.6 Å². The van der Waals surface area contributed by atoms with Gasteiger partial charge in [-0.3, -0.25) is 19.5 Å². The second-order valence-electron chi connectivity index (χ2n) is 9.09. The molecule has 1 saturated heterocycles. The highest BCUT2D eigenvalue weighted by molar-refractivity contribution is 7.12. The Morgan fingerprint density at radius 2 is 1.79 bits per heavy atom. The van der Waals surface area contributed by atoms with E-state index in [4.69, 9.17) is 19.2 Å². The van der Waals surface area contributed by atoms with E-state index >= 15 is 0 Å². The van der Waals surface area contributed by atoms with Crippen molar-refractivity contribution in [3.05, 3.63) is 77.1 Å². The van der Waals surface area contributed by atoms with Crippen LogP contribution in [0.25, 0.3) is 16.9 Å². The van der Waals surface area contributed by atoms with Gasteiger partial charge < -0.3 is 19.1 Å². The lowest BCUT2D eigenvalue weighted by molar-refractivity contribution is -0.117. The van der Waals surface area contributed by atoms with Crippen molar-refractivity contribution >= 4 is 29.1 Å². The number of benzene rings is 2. The number of imidazole rings is 1. The zero-order chi connectivity index (χ0) is 27.2. The lowest BCUT2D eigenvalue weighted by Gasteiger charge is -2.24. The molecule has 0 aliphatic carbocycles. The predicted octanol–water partition coefficient (Wildman–Crippen LogP) is 4.88. The van der Waals surface area contributed by atoms with E-state index in [1.54, 1.807) is 25.2 Å². The summed E-state index contributed by atoms with van der Waals surface area (Å²) in [7, 11) is 3.23.